The Labute approximate surface area is 188 Å². The van der Waals surface area contributed by atoms with E-state index in [0.717, 1.165) is 24.8 Å². The van der Waals surface area contributed by atoms with E-state index in [2.05, 4.69) is 17.6 Å². The summed E-state index contributed by atoms with van der Waals surface area (Å²) in [5, 5.41) is 5.50. The minimum absolute atomic E-state index is 0.0669. The van der Waals surface area contributed by atoms with Crippen LogP contribution in [0.1, 0.15) is 46.8 Å². The molecule has 0 spiro atoms. The van der Waals surface area contributed by atoms with Crippen LogP contribution in [0.15, 0.2) is 78.5 Å². The molecule has 5 heteroatoms. The van der Waals surface area contributed by atoms with Crippen LogP contribution in [0.5, 0.6) is 0 Å². The van der Waals surface area contributed by atoms with Crippen LogP contribution >= 0.6 is 0 Å². The minimum atomic E-state index is -0.467. The van der Waals surface area contributed by atoms with E-state index in [-0.39, 0.29) is 17.4 Å². The maximum absolute atomic E-state index is 13.3. The molecule has 32 heavy (non-hydrogen) atoms. The van der Waals surface area contributed by atoms with E-state index in [1.54, 1.807) is 36.4 Å². The highest BCUT2D eigenvalue weighted by molar-refractivity contribution is 6.10. The summed E-state index contributed by atoms with van der Waals surface area (Å²) in [4.78, 5) is 25.8. The van der Waals surface area contributed by atoms with Crippen LogP contribution in [0.2, 0.25) is 0 Å². The number of carbonyl (C=O) groups excluding carboxylic acids is 2. The molecule has 0 unspecified atom stereocenters. The van der Waals surface area contributed by atoms with Crippen LogP contribution in [0.4, 0.5) is 10.1 Å². The zero-order valence-corrected chi connectivity index (χ0v) is 18.3. The number of unbranched alkanes of at least 4 members (excludes halogenated alkanes) is 1. The Morgan fingerprint density at radius 1 is 0.906 bits per heavy atom. The van der Waals surface area contributed by atoms with Crippen molar-refractivity contribution in [2.75, 3.05) is 5.32 Å². The first-order valence-corrected chi connectivity index (χ1v) is 10.7. The third kappa shape index (κ3) is 6.64. The van der Waals surface area contributed by atoms with Crippen LogP contribution < -0.4 is 10.6 Å². The van der Waals surface area contributed by atoms with Crippen LogP contribution in [-0.4, -0.2) is 11.8 Å². The van der Waals surface area contributed by atoms with Crippen molar-refractivity contribution in [2.45, 2.75) is 33.1 Å². The van der Waals surface area contributed by atoms with E-state index in [1.807, 2.05) is 31.2 Å². The Balaban J connectivity index is 1.81. The number of aryl methyl sites for hydroxylation is 2. The number of anilines is 1. The molecule has 0 saturated carbocycles. The third-order valence-electron chi connectivity index (χ3n) is 5.02. The fourth-order valence-corrected chi connectivity index (χ4v) is 3.12. The average Bonchev–Trinajstić information content (AvgIpc) is 2.80. The molecule has 0 aliphatic rings. The van der Waals surface area contributed by atoms with Gasteiger partial charge in [0.2, 0.25) is 0 Å². The minimum Gasteiger partial charge on any atom is -0.321 e. The van der Waals surface area contributed by atoms with Crippen molar-refractivity contribution in [1.29, 1.82) is 0 Å². The summed E-state index contributed by atoms with van der Waals surface area (Å²) in [6.07, 6.45) is 4.69. The van der Waals surface area contributed by atoms with Crippen molar-refractivity contribution >= 4 is 23.6 Å². The van der Waals surface area contributed by atoms with E-state index in [0.29, 0.717) is 16.8 Å². The molecule has 0 aliphatic carbocycles. The highest BCUT2D eigenvalue weighted by Crippen LogP contribution is 2.14. The van der Waals surface area contributed by atoms with Crippen LogP contribution in [-0.2, 0) is 11.2 Å². The van der Waals surface area contributed by atoms with Crippen molar-refractivity contribution in [2.24, 2.45) is 0 Å². The van der Waals surface area contributed by atoms with Gasteiger partial charge in [-0.25, -0.2) is 4.39 Å². The van der Waals surface area contributed by atoms with Crippen molar-refractivity contribution < 1.29 is 14.0 Å². The van der Waals surface area contributed by atoms with E-state index in [4.69, 9.17) is 0 Å². The Morgan fingerprint density at radius 3 is 2.19 bits per heavy atom. The fraction of sp³-hybridized carbons (Fsp3) is 0.185. The van der Waals surface area contributed by atoms with E-state index in [9.17, 15) is 14.0 Å². The lowest BCUT2D eigenvalue weighted by molar-refractivity contribution is -0.113. The van der Waals surface area contributed by atoms with E-state index < -0.39 is 5.91 Å². The first-order valence-electron chi connectivity index (χ1n) is 10.7. The van der Waals surface area contributed by atoms with Crippen LogP contribution in [0.25, 0.3) is 6.08 Å². The molecule has 0 fully saturated rings. The number of benzene rings is 3. The van der Waals surface area contributed by atoms with Gasteiger partial charge in [-0.2, -0.15) is 0 Å². The van der Waals surface area contributed by atoms with Gasteiger partial charge in [-0.15, -0.1) is 0 Å². The van der Waals surface area contributed by atoms with Crippen molar-refractivity contribution in [1.82, 2.24) is 5.32 Å². The van der Waals surface area contributed by atoms with Crippen molar-refractivity contribution in [3.8, 4) is 0 Å². The maximum Gasteiger partial charge on any atom is 0.272 e. The van der Waals surface area contributed by atoms with Gasteiger partial charge in [-0.1, -0.05) is 55.3 Å². The molecule has 3 rings (SSSR count). The van der Waals surface area contributed by atoms with Crippen LogP contribution in [0.3, 0.4) is 0 Å². The number of hydrogen-bond donors (Lipinski definition) is 2. The number of halogens is 1. The number of carbonyl (C=O) groups is 2. The standard InChI is InChI=1S/C27H27FN2O2/c1-3-4-5-20-8-12-22(13-9-20)26(31)30-25(18-21-10-14-23(28)15-11-21)27(32)29-24-16-6-19(2)7-17-24/h6-18H,3-5H2,1-2H3,(H,29,32)(H,30,31)/b25-18-. The molecular formula is C27H27FN2O2. The molecule has 0 aromatic heterocycles. The van der Waals surface area contributed by atoms with Crippen LogP contribution in [0, 0.1) is 12.7 Å². The highest BCUT2D eigenvalue weighted by Gasteiger charge is 2.15. The van der Waals surface area contributed by atoms with Crippen molar-refractivity contribution in [3.05, 3.63) is 107 Å². The number of nitrogens with one attached hydrogen (secondary N) is 2. The Morgan fingerprint density at radius 2 is 1.56 bits per heavy atom. The lowest BCUT2D eigenvalue weighted by Gasteiger charge is -2.12. The second-order valence-electron chi connectivity index (χ2n) is 7.68. The molecule has 0 aliphatic heterocycles. The third-order valence-corrected chi connectivity index (χ3v) is 5.02. The summed E-state index contributed by atoms with van der Waals surface area (Å²) in [6.45, 7) is 4.09. The monoisotopic (exact) mass is 430 g/mol. The van der Waals surface area contributed by atoms with Gasteiger partial charge in [-0.3, -0.25) is 9.59 Å². The summed E-state index contributed by atoms with van der Waals surface area (Å²) in [5.74, 6) is -1.23. The topological polar surface area (TPSA) is 58.2 Å². The summed E-state index contributed by atoms with van der Waals surface area (Å²) >= 11 is 0. The van der Waals surface area contributed by atoms with E-state index >= 15 is 0 Å². The Kier molecular flexibility index (Phi) is 7.92. The predicted octanol–water partition coefficient (Wildman–Crippen LogP) is 5.89. The molecule has 0 bridgehead atoms. The number of hydrogen-bond acceptors (Lipinski definition) is 2. The molecular weight excluding hydrogens is 403 g/mol. The fourth-order valence-electron chi connectivity index (χ4n) is 3.12. The summed E-state index contributed by atoms with van der Waals surface area (Å²) < 4.78 is 13.3. The number of amides is 2. The normalized spacial score (nSPS) is 11.2. The summed E-state index contributed by atoms with van der Waals surface area (Å²) in [5.41, 5.74) is 3.97. The average molecular weight is 431 g/mol. The second kappa shape index (κ2) is 11.0. The zero-order valence-electron chi connectivity index (χ0n) is 18.3. The Hall–Kier alpha value is -3.73. The SMILES string of the molecule is CCCCc1ccc(C(=O)N/C(=C\c2ccc(F)cc2)C(=O)Nc2ccc(C)cc2)cc1. The molecule has 4 nitrogen and oxygen atoms in total. The molecule has 3 aromatic carbocycles. The molecule has 0 heterocycles. The molecule has 0 saturated heterocycles. The van der Waals surface area contributed by atoms with Crippen molar-refractivity contribution in [3.63, 3.8) is 0 Å². The van der Waals surface area contributed by atoms with Gasteiger partial charge in [0.05, 0.1) is 0 Å². The molecule has 3 aromatic rings. The number of rotatable bonds is 8. The van der Waals surface area contributed by atoms with Gasteiger partial charge in [-0.05, 0) is 73.4 Å². The summed E-state index contributed by atoms with van der Waals surface area (Å²) in [7, 11) is 0. The first-order chi connectivity index (χ1) is 15.4. The largest absolute Gasteiger partial charge is 0.321 e. The maximum atomic E-state index is 13.3. The van der Waals surface area contributed by atoms with Gasteiger partial charge < -0.3 is 10.6 Å². The van der Waals surface area contributed by atoms with Gasteiger partial charge in [0.25, 0.3) is 11.8 Å². The highest BCUT2D eigenvalue weighted by atomic mass is 19.1. The lowest BCUT2D eigenvalue weighted by atomic mass is 10.1. The quantitative estimate of drug-likeness (QED) is 0.438. The summed E-state index contributed by atoms with van der Waals surface area (Å²) in [6, 6.07) is 20.4. The molecule has 0 atom stereocenters. The molecule has 2 N–H and O–H groups in total. The zero-order chi connectivity index (χ0) is 22.9. The molecule has 0 radical (unpaired) electrons. The second-order valence-corrected chi connectivity index (χ2v) is 7.68. The van der Waals surface area contributed by atoms with Gasteiger partial charge in [0.1, 0.15) is 11.5 Å². The molecule has 164 valence electrons. The van der Waals surface area contributed by atoms with E-state index in [1.165, 1.54) is 23.8 Å². The smallest absolute Gasteiger partial charge is 0.272 e. The predicted molar refractivity (Wildman–Crippen MR) is 127 cm³/mol. The first kappa shape index (κ1) is 22.9. The lowest BCUT2D eigenvalue weighted by Crippen LogP contribution is -2.30. The molecule has 2 amide bonds. The Bertz CT molecular complexity index is 1090. The van der Waals surface area contributed by atoms with Gasteiger partial charge in [0, 0.05) is 11.3 Å². The van der Waals surface area contributed by atoms with Gasteiger partial charge in [0.15, 0.2) is 0 Å². The van der Waals surface area contributed by atoms with Gasteiger partial charge >= 0.3 is 0 Å².